The minimum atomic E-state index is -0.363. The molecule has 2 unspecified atom stereocenters. The first-order valence-corrected chi connectivity index (χ1v) is 6.61. The summed E-state index contributed by atoms with van der Waals surface area (Å²) < 4.78 is 4.71. The Labute approximate surface area is 93.3 Å². The molecule has 0 aromatic rings. The third-order valence-electron chi connectivity index (χ3n) is 2.60. The van der Waals surface area contributed by atoms with E-state index in [1.54, 1.807) is 4.90 Å². The second-order valence-corrected chi connectivity index (χ2v) is 6.52. The largest absolute Gasteiger partial charge is 0.467 e. The molecule has 15 heavy (non-hydrogen) atoms. The van der Waals surface area contributed by atoms with Crippen molar-refractivity contribution in [3.05, 3.63) is 0 Å². The molecule has 1 rings (SSSR count). The van der Waals surface area contributed by atoms with Crippen molar-refractivity contribution in [2.24, 2.45) is 0 Å². The van der Waals surface area contributed by atoms with Gasteiger partial charge in [-0.25, -0.2) is 4.79 Å². The van der Waals surface area contributed by atoms with E-state index in [9.17, 15) is 9.59 Å². The van der Waals surface area contributed by atoms with Crippen LogP contribution in [-0.4, -0.2) is 46.8 Å². The molecule has 2 atom stereocenters. The van der Waals surface area contributed by atoms with Crippen molar-refractivity contribution in [3.63, 3.8) is 0 Å². The predicted octanol–water partition coefficient (Wildman–Crippen LogP) is 0.374. The quantitative estimate of drug-likeness (QED) is 0.510. The van der Waals surface area contributed by atoms with Crippen LogP contribution >= 0.6 is 0 Å². The van der Waals surface area contributed by atoms with Gasteiger partial charge in [-0.2, -0.15) is 0 Å². The predicted molar refractivity (Wildman–Crippen MR) is 60.6 cm³/mol. The molecular formula is C10H18NO3S+. The van der Waals surface area contributed by atoms with Crippen LogP contribution in [0.15, 0.2) is 0 Å². The highest BCUT2D eigenvalue weighted by molar-refractivity contribution is 7.97. The summed E-state index contributed by atoms with van der Waals surface area (Å²) >= 11 is 0. The first kappa shape index (κ1) is 12.4. The van der Waals surface area contributed by atoms with E-state index in [0.717, 1.165) is 5.75 Å². The molecular weight excluding hydrogens is 214 g/mol. The van der Waals surface area contributed by atoms with Gasteiger partial charge in [0.15, 0.2) is 11.9 Å². The lowest BCUT2D eigenvalue weighted by Gasteiger charge is -2.16. The summed E-state index contributed by atoms with van der Waals surface area (Å²) in [4.78, 5) is 24.5. The number of amides is 1. The second-order valence-electron chi connectivity index (χ2n) is 3.91. The lowest BCUT2D eigenvalue weighted by atomic mass is 10.3. The van der Waals surface area contributed by atoms with E-state index >= 15 is 0 Å². The van der Waals surface area contributed by atoms with Crippen LogP contribution in [0.2, 0.25) is 0 Å². The van der Waals surface area contributed by atoms with Crippen LogP contribution in [0, 0.1) is 0 Å². The zero-order valence-corrected chi connectivity index (χ0v) is 10.5. The van der Waals surface area contributed by atoms with E-state index in [2.05, 4.69) is 13.8 Å². The lowest BCUT2D eigenvalue weighted by molar-refractivity contribution is -0.149. The average Bonchev–Trinajstić information content (AvgIpc) is 2.61. The van der Waals surface area contributed by atoms with E-state index in [4.69, 9.17) is 4.74 Å². The first-order valence-electron chi connectivity index (χ1n) is 4.98. The fraction of sp³-hybridized carbons (Fsp3) is 0.800. The second kappa shape index (κ2) is 4.88. The summed E-state index contributed by atoms with van der Waals surface area (Å²) in [5.74, 6) is 1.12. The maximum atomic E-state index is 11.5. The number of nitrogens with zero attached hydrogens (tertiary/aromatic N) is 1. The first-order chi connectivity index (χ1) is 6.97. The molecule has 0 aliphatic carbocycles. The number of hydrogen-bond donors (Lipinski definition) is 0. The number of ether oxygens (including phenoxy) is 1. The molecule has 1 fully saturated rings. The molecule has 5 heteroatoms. The summed E-state index contributed by atoms with van der Waals surface area (Å²) in [6.45, 7) is 5.76. The SMILES string of the molecule is COC(=O)C1C[S+](C(C)C)CN1C(C)=O. The Morgan fingerprint density at radius 2 is 2.07 bits per heavy atom. The zero-order chi connectivity index (χ0) is 11.6. The summed E-state index contributed by atoms with van der Waals surface area (Å²) in [7, 11) is 1.49. The van der Waals surface area contributed by atoms with Crippen molar-refractivity contribution in [2.75, 3.05) is 18.7 Å². The normalized spacial score (nSPS) is 25.8. The lowest BCUT2D eigenvalue weighted by Crippen LogP contribution is -2.41. The fourth-order valence-electron chi connectivity index (χ4n) is 1.60. The van der Waals surface area contributed by atoms with Crippen molar-refractivity contribution < 1.29 is 14.3 Å². The Kier molecular flexibility index (Phi) is 4.02. The Balaban J connectivity index is 2.76. The Morgan fingerprint density at radius 1 is 1.47 bits per heavy atom. The highest BCUT2D eigenvalue weighted by Crippen LogP contribution is 2.22. The van der Waals surface area contributed by atoms with Gasteiger partial charge >= 0.3 is 5.97 Å². The summed E-state index contributed by atoms with van der Waals surface area (Å²) in [6, 6.07) is -0.363. The van der Waals surface area contributed by atoms with Gasteiger partial charge in [-0.1, -0.05) is 0 Å². The van der Waals surface area contributed by atoms with Gasteiger partial charge in [0.05, 0.1) is 7.11 Å². The standard InChI is InChI=1S/C10H18NO3S/c1-7(2)15-5-9(10(13)14-4)11(6-15)8(3)12/h7,9H,5-6H2,1-4H3/q+1. The Morgan fingerprint density at radius 3 is 2.47 bits per heavy atom. The number of carbonyl (C=O) groups is 2. The van der Waals surface area contributed by atoms with Gasteiger partial charge in [-0.15, -0.1) is 0 Å². The fourth-order valence-corrected chi connectivity index (χ4v) is 3.83. The minimum Gasteiger partial charge on any atom is -0.467 e. The van der Waals surface area contributed by atoms with E-state index in [-0.39, 0.29) is 28.8 Å². The van der Waals surface area contributed by atoms with E-state index in [1.165, 1.54) is 14.0 Å². The molecule has 0 bridgehead atoms. The van der Waals surface area contributed by atoms with Gasteiger partial charge < -0.3 is 4.74 Å². The van der Waals surface area contributed by atoms with Gasteiger partial charge in [0, 0.05) is 17.8 Å². The smallest absolute Gasteiger partial charge is 0.333 e. The van der Waals surface area contributed by atoms with Crippen LogP contribution in [0.5, 0.6) is 0 Å². The number of hydrogen-bond acceptors (Lipinski definition) is 3. The molecule has 1 aliphatic rings. The summed E-state index contributed by atoms with van der Waals surface area (Å²) in [6.07, 6.45) is 0. The van der Waals surface area contributed by atoms with Crippen molar-refractivity contribution >= 4 is 22.8 Å². The van der Waals surface area contributed by atoms with Crippen LogP contribution in [0.1, 0.15) is 20.8 Å². The van der Waals surface area contributed by atoms with Crippen molar-refractivity contribution in [1.82, 2.24) is 4.90 Å². The number of rotatable bonds is 2. The third kappa shape index (κ3) is 2.65. The molecule has 1 aliphatic heterocycles. The number of esters is 1. The average molecular weight is 232 g/mol. The molecule has 0 aromatic heterocycles. The van der Waals surface area contributed by atoms with Crippen molar-refractivity contribution in [2.45, 2.75) is 32.1 Å². The Hall–Kier alpha value is -0.710. The van der Waals surface area contributed by atoms with E-state index in [0.29, 0.717) is 11.1 Å². The van der Waals surface area contributed by atoms with Crippen LogP contribution in [0.4, 0.5) is 0 Å². The van der Waals surface area contributed by atoms with E-state index in [1.807, 2.05) is 0 Å². The van der Waals surface area contributed by atoms with Crippen LogP contribution in [0.25, 0.3) is 0 Å². The zero-order valence-electron chi connectivity index (χ0n) is 9.65. The van der Waals surface area contributed by atoms with Crippen molar-refractivity contribution in [1.29, 1.82) is 0 Å². The van der Waals surface area contributed by atoms with Gasteiger partial charge in [-0.05, 0) is 13.8 Å². The molecule has 0 radical (unpaired) electrons. The molecule has 1 saturated heterocycles. The summed E-state index contributed by atoms with van der Waals surface area (Å²) in [5, 5.41) is 0.515. The van der Waals surface area contributed by atoms with Crippen LogP contribution in [-0.2, 0) is 25.2 Å². The Bertz CT molecular complexity index is 267. The monoisotopic (exact) mass is 232 g/mol. The molecule has 1 amide bonds. The third-order valence-corrected chi connectivity index (χ3v) is 5.28. The van der Waals surface area contributed by atoms with Gasteiger partial charge in [0.25, 0.3) is 0 Å². The maximum absolute atomic E-state index is 11.5. The number of methoxy groups -OCH3 is 1. The molecule has 0 spiro atoms. The molecule has 0 aromatic carbocycles. The van der Waals surface area contributed by atoms with Crippen LogP contribution in [0.3, 0.4) is 0 Å². The highest BCUT2D eigenvalue weighted by Gasteiger charge is 2.46. The van der Waals surface area contributed by atoms with E-state index < -0.39 is 0 Å². The molecule has 1 heterocycles. The van der Waals surface area contributed by atoms with Gasteiger partial charge in [-0.3, -0.25) is 9.69 Å². The molecule has 4 nitrogen and oxygen atoms in total. The molecule has 86 valence electrons. The summed E-state index contributed by atoms with van der Waals surface area (Å²) in [5.41, 5.74) is 0. The maximum Gasteiger partial charge on any atom is 0.333 e. The molecule has 0 saturated carbocycles. The van der Waals surface area contributed by atoms with Gasteiger partial charge in [0.1, 0.15) is 11.0 Å². The highest BCUT2D eigenvalue weighted by atomic mass is 32.2. The van der Waals surface area contributed by atoms with Gasteiger partial charge in [0.2, 0.25) is 5.91 Å². The number of carbonyl (C=O) groups excluding carboxylic acids is 2. The molecule has 0 N–H and O–H groups in total. The minimum absolute atomic E-state index is 0.0407. The topological polar surface area (TPSA) is 46.6 Å². The van der Waals surface area contributed by atoms with Crippen LogP contribution < -0.4 is 0 Å². The van der Waals surface area contributed by atoms with Crippen molar-refractivity contribution in [3.8, 4) is 0 Å².